The molecule has 0 fully saturated rings. The second-order valence-corrected chi connectivity index (χ2v) is 8.62. The number of rotatable bonds is 7. The summed E-state index contributed by atoms with van der Waals surface area (Å²) in [7, 11) is 0. The summed E-state index contributed by atoms with van der Waals surface area (Å²) in [5.74, 6) is 0.413. The van der Waals surface area contributed by atoms with Crippen LogP contribution in [0.3, 0.4) is 0 Å². The normalized spacial score (nSPS) is 14.6. The van der Waals surface area contributed by atoms with Gasteiger partial charge in [0.2, 0.25) is 5.75 Å². The van der Waals surface area contributed by atoms with E-state index in [1.54, 1.807) is 6.07 Å². The molecule has 1 aliphatic rings. The molecular formula is C23H25N3O5S. The Morgan fingerprint density at radius 1 is 1.25 bits per heavy atom. The molecule has 168 valence electrons. The van der Waals surface area contributed by atoms with Crippen molar-refractivity contribution in [3.8, 4) is 5.75 Å². The highest BCUT2D eigenvalue weighted by atomic mass is 32.2. The summed E-state index contributed by atoms with van der Waals surface area (Å²) in [5.41, 5.74) is -0.383. The summed E-state index contributed by atoms with van der Waals surface area (Å²) in [6.07, 6.45) is 1.91. The first-order valence-corrected chi connectivity index (χ1v) is 11.5. The average Bonchev–Trinajstić information content (AvgIpc) is 3.26. The van der Waals surface area contributed by atoms with E-state index in [-0.39, 0.29) is 24.6 Å². The number of benzene rings is 1. The minimum atomic E-state index is -0.807. The van der Waals surface area contributed by atoms with Crippen LogP contribution in [0.15, 0.2) is 56.8 Å². The Labute approximate surface area is 189 Å². The molecule has 3 aromatic rings. The molecule has 1 aromatic carbocycles. The molecule has 0 bridgehead atoms. The maximum Gasteiger partial charge on any atom is 0.296 e. The summed E-state index contributed by atoms with van der Waals surface area (Å²) in [6.45, 7) is 4.68. The van der Waals surface area contributed by atoms with Crippen LogP contribution in [-0.2, 0) is 30.0 Å². The lowest BCUT2D eigenvalue weighted by Gasteiger charge is -2.32. The van der Waals surface area contributed by atoms with E-state index in [0.717, 1.165) is 10.7 Å². The molecule has 3 heterocycles. The van der Waals surface area contributed by atoms with Crippen LogP contribution in [-0.4, -0.2) is 28.3 Å². The van der Waals surface area contributed by atoms with Gasteiger partial charge in [0.05, 0.1) is 19.7 Å². The van der Waals surface area contributed by atoms with Crippen molar-refractivity contribution in [3.05, 3.63) is 75.7 Å². The van der Waals surface area contributed by atoms with E-state index in [4.69, 9.17) is 13.9 Å². The van der Waals surface area contributed by atoms with Gasteiger partial charge in [-0.05, 0) is 37.8 Å². The Hall–Kier alpha value is -3.04. The maximum atomic E-state index is 13.3. The van der Waals surface area contributed by atoms with Crippen molar-refractivity contribution in [1.29, 1.82) is 0 Å². The van der Waals surface area contributed by atoms with Gasteiger partial charge >= 0.3 is 0 Å². The van der Waals surface area contributed by atoms with Crippen LogP contribution in [0.25, 0.3) is 0 Å². The van der Waals surface area contributed by atoms with Gasteiger partial charge < -0.3 is 19.2 Å². The van der Waals surface area contributed by atoms with Crippen LogP contribution in [0, 0.1) is 0 Å². The van der Waals surface area contributed by atoms with Crippen molar-refractivity contribution < 1.29 is 18.7 Å². The zero-order valence-electron chi connectivity index (χ0n) is 18.2. The van der Waals surface area contributed by atoms with E-state index in [1.807, 2.05) is 56.5 Å². The number of furan rings is 1. The van der Waals surface area contributed by atoms with Gasteiger partial charge in [0.1, 0.15) is 23.8 Å². The zero-order valence-corrected chi connectivity index (χ0v) is 19.0. The van der Waals surface area contributed by atoms with E-state index >= 15 is 0 Å². The molecule has 1 aliphatic heterocycles. The third-order valence-corrected chi connectivity index (χ3v) is 5.77. The van der Waals surface area contributed by atoms with E-state index in [0.29, 0.717) is 24.7 Å². The summed E-state index contributed by atoms with van der Waals surface area (Å²) in [6, 6.07) is 13.1. The van der Waals surface area contributed by atoms with Gasteiger partial charge in [0, 0.05) is 0 Å². The number of ether oxygens (including phenoxy) is 2. The highest BCUT2D eigenvalue weighted by Crippen LogP contribution is 2.28. The SMILES string of the molecule is CSc1ccc(CNC(=O)c2nc3n(c(=O)c2OCc2ccccc2)CCOC3(C)C)o1. The largest absolute Gasteiger partial charge is 0.481 e. The number of aromatic nitrogens is 2. The molecule has 1 amide bonds. The predicted octanol–water partition coefficient (Wildman–Crippen LogP) is 3.33. The lowest BCUT2D eigenvalue weighted by atomic mass is 10.1. The summed E-state index contributed by atoms with van der Waals surface area (Å²) in [4.78, 5) is 30.9. The van der Waals surface area contributed by atoms with Crippen LogP contribution in [0.1, 0.15) is 41.5 Å². The van der Waals surface area contributed by atoms with Crippen molar-refractivity contribution >= 4 is 17.7 Å². The van der Waals surface area contributed by atoms with Crippen molar-refractivity contribution in [3.63, 3.8) is 0 Å². The van der Waals surface area contributed by atoms with Gasteiger partial charge in [-0.25, -0.2) is 4.98 Å². The number of carbonyl (C=O) groups is 1. The molecule has 4 rings (SSSR count). The van der Waals surface area contributed by atoms with Crippen molar-refractivity contribution in [1.82, 2.24) is 14.9 Å². The number of nitrogens with zero attached hydrogens (tertiary/aromatic N) is 2. The number of nitrogens with one attached hydrogen (secondary N) is 1. The fourth-order valence-electron chi connectivity index (χ4n) is 3.49. The Bertz CT molecular complexity index is 1170. The van der Waals surface area contributed by atoms with Crippen LogP contribution in [0.4, 0.5) is 0 Å². The lowest BCUT2D eigenvalue weighted by Crippen LogP contribution is -2.43. The van der Waals surface area contributed by atoms with Crippen molar-refractivity contribution in [2.75, 3.05) is 12.9 Å². The number of fused-ring (bicyclic) bond motifs is 1. The van der Waals surface area contributed by atoms with Gasteiger partial charge in [-0.2, -0.15) is 0 Å². The van der Waals surface area contributed by atoms with E-state index in [9.17, 15) is 9.59 Å². The minimum absolute atomic E-state index is 0.0626. The lowest BCUT2D eigenvalue weighted by molar-refractivity contribution is -0.0567. The van der Waals surface area contributed by atoms with Gasteiger partial charge in [0.25, 0.3) is 11.5 Å². The van der Waals surface area contributed by atoms with E-state index in [1.165, 1.54) is 16.3 Å². The molecule has 8 nitrogen and oxygen atoms in total. The Balaban J connectivity index is 1.66. The van der Waals surface area contributed by atoms with Gasteiger partial charge in [-0.15, -0.1) is 0 Å². The summed E-state index contributed by atoms with van der Waals surface area (Å²) in [5, 5.41) is 3.53. The molecule has 0 saturated heterocycles. The minimum Gasteiger partial charge on any atom is -0.481 e. The van der Waals surface area contributed by atoms with Crippen molar-refractivity contribution in [2.45, 2.75) is 44.2 Å². The number of hydrogen-bond donors (Lipinski definition) is 1. The topological polar surface area (TPSA) is 95.6 Å². The number of amides is 1. The monoisotopic (exact) mass is 455 g/mol. The Morgan fingerprint density at radius 2 is 2.03 bits per heavy atom. The molecule has 0 atom stereocenters. The highest BCUT2D eigenvalue weighted by Gasteiger charge is 2.35. The standard InChI is InChI=1S/C23H25N3O5S/c1-23(2)22-25-18(20(27)24-13-16-9-10-17(31-16)32-3)19(21(28)26(22)11-12-30-23)29-14-15-7-5-4-6-8-15/h4-10H,11-14H2,1-3H3,(H,24,27). The van der Waals surface area contributed by atoms with Crippen molar-refractivity contribution in [2.24, 2.45) is 0 Å². The quantitative estimate of drug-likeness (QED) is 0.546. The number of thioether (sulfide) groups is 1. The Kier molecular flexibility index (Phi) is 6.38. The highest BCUT2D eigenvalue weighted by molar-refractivity contribution is 7.98. The van der Waals surface area contributed by atoms with Crippen LogP contribution in [0.5, 0.6) is 5.75 Å². The first-order valence-electron chi connectivity index (χ1n) is 10.3. The van der Waals surface area contributed by atoms with Gasteiger partial charge in [-0.3, -0.25) is 14.2 Å². The summed E-state index contributed by atoms with van der Waals surface area (Å²) < 4.78 is 18.8. The molecule has 2 aromatic heterocycles. The molecule has 0 radical (unpaired) electrons. The molecule has 0 spiro atoms. The zero-order chi connectivity index (χ0) is 22.7. The van der Waals surface area contributed by atoms with Crippen LogP contribution >= 0.6 is 11.8 Å². The fraction of sp³-hybridized carbons (Fsp3) is 0.348. The molecule has 32 heavy (non-hydrogen) atoms. The molecule has 0 saturated carbocycles. The van der Waals surface area contributed by atoms with E-state index in [2.05, 4.69) is 10.3 Å². The predicted molar refractivity (Wildman–Crippen MR) is 120 cm³/mol. The molecule has 0 unspecified atom stereocenters. The molecular weight excluding hydrogens is 430 g/mol. The summed E-state index contributed by atoms with van der Waals surface area (Å²) >= 11 is 1.47. The second-order valence-electron chi connectivity index (χ2n) is 7.81. The smallest absolute Gasteiger partial charge is 0.296 e. The molecule has 1 N–H and O–H groups in total. The third-order valence-electron chi connectivity index (χ3n) is 5.15. The number of carbonyl (C=O) groups excluding carboxylic acids is 1. The fourth-order valence-corrected chi connectivity index (χ4v) is 3.88. The first kappa shape index (κ1) is 22.2. The average molecular weight is 456 g/mol. The van der Waals surface area contributed by atoms with Gasteiger partial charge in [-0.1, -0.05) is 42.1 Å². The van der Waals surface area contributed by atoms with Crippen LogP contribution in [0.2, 0.25) is 0 Å². The molecule has 0 aliphatic carbocycles. The number of hydrogen-bond acceptors (Lipinski definition) is 7. The molecule has 9 heteroatoms. The van der Waals surface area contributed by atoms with E-state index < -0.39 is 17.1 Å². The second kappa shape index (κ2) is 9.22. The first-order chi connectivity index (χ1) is 15.4. The Morgan fingerprint density at radius 3 is 2.75 bits per heavy atom. The maximum absolute atomic E-state index is 13.3. The van der Waals surface area contributed by atoms with Gasteiger partial charge in [0.15, 0.2) is 10.8 Å². The van der Waals surface area contributed by atoms with Crippen LogP contribution < -0.4 is 15.6 Å². The third kappa shape index (κ3) is 4.58.